The first-order valence-corrected chi connectivity index (χ1v) is 10.5. The minimum absolute atomic E-state index is 0.381. The molecule has 0 bridgehead atoms. The third kappa shape index (κ3) is 3.36. The summed E-state index contributed by atoms with van der Waals surface area (Å²) in [6.07, 6.45) is 3.72. The summed E-state index contributed by atoms with van der Waals surface area (Å²) in [6, 6.07) is 12.5. The molecule has 2 fully saturated rings. The van der Waals surface area contributed by atoms with Crippen molar-refractivity contribution in [3.63, 3.8) is 0 Å². The molecular formula is C23H25N5OS. The zero-order chi connectivity index (χ0) is 21.5. The van der Waals surface area contributed by atoms with Gasteiger partial charge in [0.15, 0.2) is 5.11 Å². The molecule has 2 aromatic rings. The van der Waals surface area contributed by atoms with Crippen LogP contribution >= 0.6 is 12.2 Å². The minimum Gasteiger partial charge on any atom is -0.381 e. The molecule has 0 aliphatic carbocycles. The van der Waals surface area contributed by atoms with Gasteiger partial charge in [-0.3, -0.25) is 10.3 Å². The van der Waals surface area contributed by atoms with Gasteiger partial charge in [-0.15, -0.1) is 0 Å². The van der Waals surface area contributed by atoms with Crippen molar-refractivity contribution in [2.75, 3.05) is 23.0 Å². The van der Waals surface area contributed by atoms with Crippen molar-refractivity contribution in [1.82, 2.24) is 4.98 Å². The highest BCUT2D eigenvalue weighted by molar-refractivity contribution is 7.81. The lowest BCUT2D eigenvalue weighted by Crippen LogP contribution is -2.44. The highest BCUT2D eigenvalue weighted by atomic mass is 32.1. The smallest absolute Gasteiger partial charge is 0.187 e. The maximum Gasteiger partial charge on any atom is 0.187 e. The number of benzene rings is 1. The molecule has 1 N–H and O–H groups in total. The number of amidine groups is 1. The summed E-state index contributed by atoms with van der Waals surface area (Å²) in [4.78, 5) is 7.99. The number of rotatable bonds is 3. The Labute approximate surface area is 182 Å². The van der Waals surface area contributed by atoms with E-state index in [0.717, 1.165) is 37.3 Å². The fraction of sp³-hybridized carbons (Fsp3) is 0.391. The van der Waals surface area contributed by atoms with Crippen LogP contribution in [0.5, 0.6) is 0 Å². The molecule has 2 aliphatic rings. The molecule has 3 heterocycles. The first-order valence-electron chi connectivity index (χ1n) is 10.1. The molecule has 0 spiro atoms. The van der Waals surface area contributed by atoms with Crippen molar-refractivity contribution in [1.29, 1.82) is 10.7 Å². The third-order valence-electron chi connectivity index (χ3n) is 6.02. The van der Waals surface area contributed by atoms with E-state index in [9.17, 15) is 0 Å². The van der Waals surface area contributed by atoms with Crippen LogP contribution in [-0.2, 0) is 4.74 Å². The first-order chi connectivity index (χ1) is 14.3. The number of nitriles is 1. The summed E-state index contributed by atoms with van der Waals surface area (Å²) in [6.45, 7) is 7.48. The second kappa shape index (κ2) is 7.78. The predicted molar refractivity (Wildman–Crippen MR) is 122 cm³/mol. The number of anilines is 2. The average molecular weight is 420 g/mol. The monoisotopic (exact) mass is 419 g/mol. The lowest BCUT2D eigenvalue weighted by atomic mass is 9.91. The van der Waals surface area contributed by atoms with Crippen molar-refractivity contribution in [3.8, 4) is 6.07 Å². The van der Waals surface area contributed by atoms with E-state index in [1.165, 1.54) is 5.56 Å². The van der Waals surface area contributed by atoms with Gasteiger partial charge in [-0.2, -0.15) is 5.26 Å². The molecule has 1 aromatic carbocycles. The number of hydrogen-bond acceptors (Lipinski definition) is 5. The average Bonchev–Trinajstić information content (AvgIpc) is 2.92. The van der Waals surface area contributed by atoms with Gasteiger partial charge in [0.25, 0.3) is 0 Å². The molecule has 6 nitrogen and oxygen atoms in total. The van der Waals surface area contributed by atoms with Crippen LogP contribution in [0.2, 0.25) is 0 Å². The number of aromatic nitrogens is 1. The Morgan fingerprint density at radius 1 is 1.20 bits per heavy atom. The maximum absolute atomic E-state index is 9.16. The Morgan fingerprint density at radius 3 is 2.47 bits per heavy atom. The molecule has 0 atom stereocenters. The van der Waals surface area contributed by atoms with Gasteiger partial charge in [-0.1, -0.05) is 12.1 Å². The van der Waals surface area contributed by atoms with Crippen molar-refractivity contribution in [2.45, 2.75) is 45.1 Å². The number of aryl methyl sites for hydroxylation is 1. The first kappa shape index (κ1) is 20.5. The highest BCUT2D eigenvalue weighted by Crippen LogP contribution is 2.37. The zero-order valence-electron chi connectivity index (χ0n) is 17.5. The van der Waals surface area contributed by atoms with E-state index in [-0.39, 0.29) is 0 Å². The molecule has 30 heavy (non-hydrogen) atoms. The molecule has 0 amide bonds. The Morgan fingerprint density at radius 2 is 1.87 bits per heavy atom. The van der Waals surface area contributed by atoms with Crippen molar-refractivity contribution >= 4 is 34.5 Å². The quantitative estimate of drug-likeness (QED) is 0.737. The van der Waals surface area contributed by atoms with Gasteiger partial charge in [0.2, 0.25) is 0 Å². The van der Waals surface area contributed by atoms with Crippen molar-refractivity contribution in [3.05, 3.63) is 53.3 Å². The Bertz CT molecular complexity index is 1030. The van der Waals surface area contributed by atoms with Crippen LogP contribution in [-0.4, -0.2) is 34.7 Å². The topological polar surface area (TPSA) is 76.2 Å². The Hall–Kier alpha value is -2.82. The summed E-state index contributed by atoms with van der Waals surface area (Å²) >= 11 is 5.82. The lowest BCUT2D eigenvalue weighted by molar-refractivity contribution is 0.0853. The zero-order valence-corrected chi connectivity index (χ0v) is 18.3. The van der Waals surface area contributed by atoms with E-state index < -0.39 is 5.54 Å². The fourth-order valence-electron chi connectivity index (χ4n) is 4.21. The van der Waals surface area contributed by atoms with Gasteiger partial charge in [-0.05, 0) is 81.1 Å². The minimum atomic E-state index is -0.612. The predicted octanol–water partition coefficient (Wildman–Crippen LogP) is 4.52. The summed E-state index contributed by atoms with van der Waals surface area (Å²) in [7, 11) is 0. The van der Waals surface area contributed by atoms with Gasteiger partial charge in [0.05, 0.1) is 17.4 Å². The molecule has 0 radical (unpaired) electrons. The van der Waals surface area contributed by atoms with Crippen LogP contribution in [0.25, 0.3) is 0 Å². The number of pyridine rings is 1. The van der Waals surface area contributed by atoms with Crippen LogP contribution in [0.4, 0.5) is 11.4 Å². The largest absolute Gasteiger partial charge is 0.381 e. The van der Waals surface area contributed by atoms with Crippen LogP contribution in [0.1, 0.15) is 49.4 Å². The van der Waals surface area contributed by atoms with Crippen LogP contribution in [0.3, 0.4) is 0 Å². The van der Waals surface area contributed by atoms with E-state index in [1.54, 1.807) is 11.1 Å². The normalized spacial score (nSPS) is 19.3. The molecule has 7 heteroatoms. The van der Waals surface area contributed by atoms with E-state index in [0.29, 0.717) is 28.2 Å². The summed E-state index contributed by atoms with van der Waals surface area (Å²) in [5.41, 5.74) is 3.53. The number of hydrogen-bond donors (Lipinski definition) is 1. The molecule has 154 valence electrons. The Balaban J connectivity index is 1.65. The fourth-order valence-corrected chi connectivity index (χ4v) is 4.74. The SMILES string of the molecule is Cc1cc(N2C(=N)C(C)(C)N(c3ccc(C4CCOCC4)cc3)C2=S)cnc1C#N. The third-order valence-corrected chi connectivity index (χ3v) is 6.38. The van der Waals surface area contributed by atoms with Gasteiger partial charge >= 0.3 is 0 Å². The standard InChI is InChI=1S/C23H25N5OS/c1-15-12-19(14-26-20(15)13-24)27-21(25)23(2,3)28(22(27)30)18-6-4-16(5-7-18)17-8-10-29-11-9-17/h4-7,12,14,17,25H,8-11H2,1-3H3. The molecule has 0 saturated carbocycles. The lowest BCUT2D eigenvalue weighted by Gasteiger charge is -2.31. The van der Waals surface area contributed by atoms with Crippen LogP contribution < -0.4 is 9.80 Å². The van der Waals surface area contributed by atoms with Gasteiger partial charge < -0.3 is 9.64 Å². The molecule has 4 rings (SSSR count). The van der Waals surface area contributed by atoms with E-state index in [1.807, 2.05) is 31.7 Å². The van der Waals surface area contributed by atoms with Gasteiger partial charge in [-0.25, -0.2) is 4.98 Å². The number of thiocarbonyl (C=S) groups is 1. The van der Waals surface area contributed by atoms with Crippen molar-refractivity contribution in [2.24, 2.45) is 0 Å². The molecular weight excluding hydrogens is 394 g/mol. The second-order valence-electron chi connectivity index (χ2n) is 8.31. The number of nitrogens with one attached hydrogen (secondary N) is 1. The van der Waals surface area contributed by atoms with E-state index in [4.69, 9.17) is 27.6 Å². The molecule has 2 aliphatic heterocycles. The molecule has 0 unspecified atom stereocenters. The molecule has 1 aromatic heterocycles. The van der Waals surface area contributed by atoms with Gasteiger partial charge in [0.1, 0.15) is 17.6 Å². The van der Waals surface area contributed by atoms with Gasteiger partial charge in [0, 0.05) is 18.9 Å². The van der Waals surface area contributed by atoms with Crippen molar-refractivity contribution < 1.29 is 4.74 Å². The van der Waals surface area contributed by atoms with Crippen LogP contribution in [0.15, 0.2) is 36.5 Å². The maximum atomic E-state index is 9.16. The van der Waals surface area contributed by atoms with E-state index in [2.05, 4.69) is 35.3 Å². The number of nitrogens with zero attached hydrogens (tertiary/aromatic N) is 4. The summed E-state index contributed by atoms with van der Waals surface area (Å²) in [5, 5.41) is 18.5. The highest BCUT2D eigenvalue weighted by Gasteiger charge is 2.47. The number of ether oxygens (including phenoxy) is 1. The van der Waals surface area contributed by atoms with E-state index >= 15 is 0 Å². The Kier molecular flexibility index (Phi) is 5.31. The summed E-state index contributed by atoms with van der Waals surface area (Å²) in [5.74, 6) is 0.917. The molecule has 2 saturated heterocycles. The van der Waals surface area contributed by atoms with Crippen LogP contribution in [0, 0.1) is 23.7 Å². The second-order valence-corrected chi connectivity index (χ2v) is 8.68. The summed E-state index contributed by atoms with van der Waals surface area (Å²) < 4.78 is 5.48.